The number of hydrogen-bond donors (Lipinski definition) is 1. The molecule has 1 N–H and O–H groups in total. The van der Waals surface area contributed by atoms with Crippen LogP contribution in [0.4, 0.5) is 5.69 Å². The van der Waals surface area contributed by atoms with Gasteiger partial charge in [-0.15, -0.1) is 0 Å². The van der Waals surface area contributed by atoms with E-state index >= 15 is 0 Å². The lowest BCUT2D eigenvalue weighted by Gasteiger charge is -2.10. The quantitative estimate of drug-likeness (QED) is 0.703. The predicted octanol–water partition coefficient (Wildman–Crippen LogP) is 4.46. The van der Waals surface area contributed by atoms with Crippen LogP contribution < -0.4 is 19.5 Å². The Morgan fingerprint density at radius 3 is 2.32 bits per heavy atom. The van der Waals surface area contributed by atoms with Crippen molar-refractivity contribution in [1.29, 1.82) is 0 Å². The lowest BCUT2D eigenvalue weighted by Crippen LogP contribution is -2.13. The van der Waals surface area contributed by atoms with E-state index in [1.807, 2.05) is 19.1 Å². The maximum absolute atomic E-state index is 12.1. The van der Waals surface area contributed by atoms with Crippen LogP contribution in [0.5, 0.6) is 17.2 Å². The lowest BCUT2D eigenvalue weighted by atomic mass is 10.2. The van der Waals surface area contributed by atoms with Gasteiger partial charge < -0.3 is 19.5 Å². The second-order valence-corrected chi connectivity index (χ2v) is 5.92. The topological polar surface area (TPSA) is 56.8 Å². The Morgan fingerprint density at radius 2 is 1.72 bits per heavy atom. The van der Waals surface area contributed by atoms with Crippen molar-refractivity contribution in [3.63, 3.8) is 0 Å². The molecule has 25 heavy (non-hydrogen) atoms. The van der Waals surface area contributed by atoms with E-state index < -0.39 is 0 Å². The zero-order valence-corrected chi connectivity index (χ0v) is 15.4. The van der Waals surface area contributed by atoms with Crippen molar-refractivity contribution in [2.24, 2.45) is 0 Å². The van der Waals surface area contributed by atoms with Gasteiger partial charge in [0, 0.05) is 35.3 Å². The molecule has 0 saturated carbocycles. The largest absolute Gasteiger partial charge is 0.497 e. The first-order valence-electron chi connectivity index (χ1n) is 7.93. The molecule has 5 nitrogen and oxygen atoms in total. The van der Waals surface area contributed by atoms with Crippen molar-refractivity contribution in [2.45, 2.75) is 19.8 Å². The highest BCUT2D eigenvalue weighted by molar-refractivity contribution is 6.31. The van der Waals surface area contributed by atoms with Gasteiger partial charge in [-0.1, -0.05) is 11.6 Å². The fourth-order valence-corrected chi connectivity index (χ4v) is 2.35. The molecule has 0 fully saturated rings. The molecule has 0 bridgehead atoms. The Labute approximate surface area is 152 Å². The van der Waals surface area contributed by atoms with E-state index in [9.17, 15) is 4.79 Å². The summed E-state index contributed by atoms with van der Waals surface area (Å²) in [6, 6.07) is 10.7. The number of anilines is 1. The minimum absolute atomic E-state index is 0.0915. The third-order valence-electron chi connectivity index (χ3n) is 3.58. The molecule has 0 saturated heterocycles. The minimum atomic E-state index is -0.0915. The smallest absolute Gasteiger partial charge is 0.224 e. The fraction of sp³-hybridized carbons (Fsp3) is 0.316. The maximum Gasteiger partial charge on any atom is 0.224 e. The average molecular weight is 364 g/mol. The van der Waals surface area contributed by atoms with Crippen LogP contribution in [-0.2, 0) is 4.79 Å². The van der Waals surface area contributed by atoms with Gasteiger partial charge >= 0.3 is 0 Å². The molecule has 2 aromatic carbocycles. The summed E-state index contributed by atoms with van der Waals surface area (Å²) in [5.74, 6) is 1.90. The first-order chi connectivity index (χ1) is 12.0. The molecule has 0 unspecified atom stereocenters. The summed E-state index contributed by atoms with van der Waals surface area (Å²) in [5, 5.41) is 3.54. The summed E-state index contributed by atoms with van der Waals surface area (Å²) in [4.78, 5) is 12.1. The van der Waals surface area contributed by atoms with Gasteiger partial charge in [0.2, 0.25) is 5.91 Å². The third kappa shape index (κ3) is 5.87. The standard InChI is InChI=1S/C19H22ClNO4/c1-13-9-15(6-7-18(13)20)25-8-4-5-19(22)21-14-10-16(23-2)12-17(11-14)24-3/h6-7,9-12H,4-5,8H2,1-3H3,(H,21,22). The van der Waals surface area contributed by atoms with Crippen molar-refractivity contribution in [3.8, 4) is 17.2 Å². The zero-order chi connectivity index (χ0) is 18.2. The van der Waals surface area contributed by atoms with Gasteiger partial charge in [-0.3, -0.25) is 4.79 Å². The summed E-state index contributed by atoms with van der Waals surface area (Å²) in [5.41, 5.74) is 1.60. The molecule has 1 amide bonds. The van der Waals surface area contributed by atoms with E-state index in [0.717, 1.165) is 11.3 Å². The summed E-state index contributed by atoms with van der Waals surface area (Å²) >= 11 is 5.98. The number of rotatable bonds is 8. The number of methoxy groups -OCH3 is 2. The number of ether oxygens (including phenoxy) is 3. The van der Waals surface area contributed by atoms with Gasteiger partial charge in [-0.2, -0.15) is 0 Å². The maximum atomic E-state index is 12.1. The van der Waals surface area contributed by atoms with Gasteiger partial charge in [0.05, 0.1) is 20.8 Å². The summed E-state index contributed by atoms with van der Waals surface area (Å²) in [6.45, 7) is 2.38. The van der Waals surface area contributed by atoms with Crippen LogP contribution in [0.15, 0.2) is 36.4 Å². The molecule has 0 radical (unpaired) electrons. The molecule has 0 aliphatic rings. The van der Waals surface area contributed by atoms with Crippen LogP contribution in [0.25, 0.3) is 0 Å². The van der Waals surface area contributed by atoms with Crippen LogP contribution in [0.1, 0.15) is 18.4 Å². The molecular weight excluding hydrogens is 342 g/mol. The highest BCUT2D eigenvalue weighted by atomic mass is 35.5. The van der Waals surface area contributed by atoms with Crippen molar-refractivity contribution in [2.75, 3.05) is 26.1 Å². The van der Waals surface area contributed by atoms with Crippen LogP contribution >= 0.6 is 11.6 Å². The number of benzene rings is 2. The predicted molar refractivity (Wildman–Crippen MR) is 99.1 cm³/mol. The van der Waals surface area contributed by atoms with E-state index in [-0.39, 0.29) is 5.91 Å². The second-order valence-electron chi connectivity index (χ2n) is 5.51. The lowest BCUT2D eigenvalue weighted by molar-refractivity contribution is -0.116. The number of carbonyl (C=O) groups excluding carboxylic acids is 1. The van der Waals surface area contributed by atoms with Crippen LogP contribution in [0.3, 0.4) is 0 Å². The number of amides is 1. The number of carbonyl (C=O) groups is 1. The first kappa shape index (κ1) is 18.9. The van der Waals surface area contributed by atoms with Crippen molar-refractivity contribution in [1.82, 2.24) is 0 Å². The number of halogens is 1. The van der Waals surface area contributed by atoms with Gasteiger partial charge in [0.1, 0.15) is 17.2 Å². The molecule has 6 heteroatoms. The molecule has 134 valence electrons. The SMILES string of the molecule is COc1cc(NC(=O)CCCOc2ccc(Cl)c(C)c2)cc(OC)c1. The summed E-state index contributed by atoms with van der Waals surface area (Å²) in [6.07, 6.45) is 0.959. The minimum Gasteiger partial charge on any atom is -0.497 e. The number of nitrogens with one attached hydrogen (secondary N) is 1. The Hall–Kier alpha value is -2.40. The average Bonchev–Trinajstić information content (AvgIpc) is 2.61. The summed E-state index contributed by atoms with van der Waals surface area (Å²) in [7, 11) is 3.13. The Bertz CT molecular complexity index is 711. The number of hydrogen-bond acceptors (Lipinski definition) is 4. The Balaban J connectivity index is 1.79. The molecule has 2 rings (SSSR count). The third-order valence-corrected chi connectivity index (χ3v) is 4.01. The van der Waals surface area contributed by atoms with E-state index in [4.69, 9.17) is 25.8 Å². The van der Waals surface area contributed by atoms with Crippen LogP contribution in [-0.4, -0.2) is 26.7 Å². The normalized spacial score (nSPS) is 10.2. The summed E-state index contributed by atoms with van der Waals surface area (Å²) < 4.78 is 16.0. The molecule has 0 aliphatic heterocycles. The van der Waals surface area contributed by atoms with Crippen molar-refractivity contribution < 1.29 is 19.0 Å². The Kier molecular flexibility index (Phi) is 6.95. The Morgan fingerprint density at radius 1 is 1.04 bits per heavy atom. The van der Waals surface area contributed by atoms with E-state index in [0.29, 0.717) is 41.7 Å². The van der Waals surface area contributed by atoms with E-state index in [1.165, 1.54) is 0 Å². The molecule has 0 aromatic heterocycles. The van der Waals surface area contributed by atoms with Crippen molar-refractivity contribution in [3.05, 3.63) is 47.0 Å². The van der Waals surface area contributed by atoms with Crippen LogP contribution in [0.2, 0.25) is 5.02 Å². The molecule has 2 aromatic rings. The van der Waals surface area contributed by atoms with Gasteiger partial charge in [-0.05, 0) is 37.1 Å². The van der Waals surface area contributed by atoms with Crippen LogP contribution in [0, 0.1) is 6.92 Å². The number of aryl methyl sites for hydroxylation is 1. The second kappa shape index (κ2) is 9.18. The van der Waals surface area contributed by atoms with Gasteiger partial charge in [0.25, 0.3) is 0 Å². The zero-order valence-electron chi connectivity index (χ0n) is 14.6. The van der Waals surface area contributed by atoms with Gasteiger partial charge in [-0.25, -0.2) is 0 Å². The van der Waals surface area contributed by atoms with Crippen molar-refractivity contribution >= 4 is 23.2 Å². The van der Waals surface area contributed by atoms with E-state index in [2.05, 4.69) is 5.32 Å². The fourth-order valence-electron chi connectivity index (χ4n) is 2.23. The van der Waals surface area contributed by atoms with E-state index in [1.54, 1.807) is 38.5 Å². The first-order valence-corrected chi connectivity index (χ1v) is 8.31. The highest BCUT2D eigenvalue weighted by Crippen LogP contribution is 2.26. The molecule has 0 aliphatic carbocycles. The monoisotopic (exact) mass is 363 g/mol. The molecule has 0 spiro atoms. The molecule has 0 atom stereocenters. The van der Waals surface area contributed by atoms with Gasteiger partial charge in [0.15, 0.2) is 0 Å². The molecular formula is C19H22ClNO4. The highest BCUT2D eigenvalue weighted by Gasteiger charge is 2.07. The molecule has 0 heterocycles.